The van der Waals surface area contributed by atoms with Crippen LogP contribution in [0.1, 0.15) is 0 Å². The Morgan fingerprint density at radius 3 is 1.32 bits per heavy atom. The van der Waals surface area contributed by atoms with E-state index in [9.17, 15) is 0 Å². The number of fused-ring (bicyclic) bond motifs is 6. The highest BCUT2D eigenvalue weighted by Gasteiger charge is 2.22. The smallest absolute Gasteiger partial charge is 0.0542 e. The highest BCUT2D eigenvalue weighted by Crippen LogP contribution is 2.47. The topological polar surface area (TPSA) is 13.1 Å². The molecule has 69 heavy (non-hydrogen) atoms. The molecule has 0 fully saturated rings. The maximum absolute atomic E-state index is 2.45. The first-order valence-corrected chi connectivity index (χ1v) is 23.7. The van der Waals surface area contributed by atoms with E-state index in [2.05, 4.69) is 287 Å². The second-order valence-electron chi connectivity index (χ2n) is 17.7. The number of nitrogens with zero attached hydrogens (tertiary/aromatic N) is 3. The van der Waals surface area contributed by atoms with Crippen LogP contribution < -0.4 is 4.90 Å². The average molecular weight is 880 g/mol. The molecule has 3 nitrogen and oxygen atoms in total. The third-order valence-electron chi connectivity index (χ3n) is 13.7. The van der Waals surface area contributed by atoms with Crippen LogP contribution in [0.3, 0.4) is 0 Å². The Labute approximate surface area is 401 Å². The lowest BCUT2D eigenvalue weighted by Crippen LogP contribution is -2.11. The minimum atomic E-state index is 1.07. The van der Waals surface area contributed by atoms with Crippen molar-refractivity contribution >= 4 is 60.7 Å². The largest absolute Gasteiger partial charge is 0.310 e. The summed E-state index contributed by atoms with van der Waals surface area (Å²) in [5.41, 5.74) is 19.7. The van der Waals surface area contributed by atoms with Crippen LogP contribution in [0.25, 0.3) is 99.5 Å². The monoisotopic (exact) mass is 879 g/mol. The summed E-state index contributed by atoms with van der Waals surface area (Å²) < 4.78 is 4.78. The van der Waals surface area contributed by atoms with Gasteiger partial charge in [0.25, 0.3) is 0 Å². The van der Waals surface area contributed by atoms with Crippen molar-refractivity contribution in [1.82, 2.24) is 9.13 Å². The van der Waals surface area contributed by atoms with E-state index in [4.69, 9.17) is 0 Å². The van der Waals surface area contributed by atoms with Crippen LogP contribution in [0.4, 0.5) is 17.1 Å². The Bertz CT molecular complexity index is 3960. The van der Waals surface area contributed by atoms with Crippen molar-refractivity contribution in [2.24, 2.45) is 0 Å². The zero-order chi connectivity index (χ0) is 45.7. The number of para-hydroxylation sites is 5. The SMILES string of the molecule is c1ccc(-c2ccccc2-c2ccccc2-c2ccccc2N(c2ccc(-c3cccc(-n4c5ccccc5c5ccccc54)c3)cc2)c2ccc3c(c2)c2ccccc2n3-c2ccccc2)cc1. The number of hydrogen-bond acceptors (Lipinski definition) is 1. The lowest BCUT2D eigenvalue weighted by Gasteiger charge is -2.29. The number of hydrogen-bond donors (Lipinski definition) is 0. The van der Waals surface area contributed by atoms with Crippen LogP contribution in [0, 0.1) is 0 Å². The fourth-order valence-electron chi connectivity index (χ4n) is 10.6. The molecule has 13 aromatic rings. The molecule has 2 aromatic heterocycles. The van der Waals surface area contributed by atoms with Crippen molar-refractivity contribution in [3.8, 4) is 55.9 Å². The lowest BCUT2D eigenvalue weighted by molar-refractivity contribution is 1.18. The summed E-state index contributed by atoms with van der Waals surface area (Å²) in [4.78, 5) is 2.45. The molecular weight excluding hydrogens is 835 g/mol. The molecule has 0 amide bonds. The van der Waals surface area contributed by atoms with Gasteiger partial charge in [0.1, 0.15) is 0 Å². The van der Waals surface area contributed by atoms with Gasteiger partial charge >= 0.3 is 0 Å². The van der Waals surface area contributed by atoms with Gasteiger partial charge < -0.3 is 14.0 Å². The molecule has 0 aliphatic carbocycles. The van der Waals surface area contributed by atoms with Crippen LogP contribution in [0.5, 0.6) is 0 Å². The van der Waals surface area contributed by atoms with Crippen LogP contribution in [0.2, 0.25) is 0 Å². The van der Waals surface area contributed by atoms with Crippen LogP contribution in [-0.4, -0.2) is 9.13 Å². The first-order chi connectivity index (χ1) is 34.3. The van der Waals surface area contributed by atoms with Crippen molar-refractivity contribution in [3.63, 3.8) is 0 Å². The molecule has 0 saturated carbocycles. The quantitative estimate of drug-likeness (QED) is 0.141. The average Bonchev–Trinajstić information content (AvgIpc) is 3.95. The van der Waals surface area contributed by atoms with Crippen LogP contribution in [0.15, 0.2) is 273 Å². The fourth-order valence-corrected chi connectivity index (χ4v) is 10.6. The highest BCUT2D eigenvalue weighted by molar-refractivity contribution is 6.11. The Morgan fingerprint density at radius 2 is 0.667 bits per heavy atom. The van der Waals surface area contributed by atoms with Gasteiger partial charge in [-0.1, -0.05) is 194 Å². The van der Waals surface area contributed by atoms with Crippen molar-refractivity contribution in [1.29, 1.82) is 0 Å². The molecule has 0 aliphatic heterocycles. The molecule has 13 rings (SSSR count). The standard InChI is InChI=1S/C66H45N3/c1-3-20-47(21-4-1)53-26-7-8-27-54(53)55-28-9-10-29-56(55)57-30-11-15-34-62(57)67(52-42-43-66-61(45-52)60-33-14-18-37-65(60)68(66)49-23-5-2-6-24-49)50-40-38-46(39-41-50)48-22-19-25-51(44-48)69-63-35-16-12-31-58(63)59-32-13-17-36-64(59)69/h1-45H. The van der Waals surface area contributed by atoms with E-state index < -0.39 is 0 Å². The second-order valence-corrected chi connectivity index (χ2v) is 17.7. The zero-order valence-corrected chi connectivity index (χ0v) is 37.8. The minimum absolute atomic E-state index is 1.07. The molecule has 11 aromatic carbocycles. The highest BCUT2D eigenvalue weighted by atomic mass is 15.1. The molecule has 0 N–H and O–H groups in total. The van der Waals surface area contributed by atoms with Gasteiger partial charge in [0, 0.05) is 49.9 Å². The molecule has 0 bridgehead atoms. The normalized spacial score (nSPS) is 11.5. The van der Waals surface area contributed by atoms with Crippen molar-refractivity contribution in [2.75, 3.05) is 4.90 Å². The molecule has 3 heteroatoms. The zero-order valence-electron chi connectivity index (χ0n) is 37.8. The van der Waals surface area contributed by atoms with E-state index >= 15 is 0 Å². The Kier molecular flexibility index (Phi) is 9.84. The van der Waals surface area contributed by atoms with Gasteiger partial charge in [0.05, 0.1) is 27.8 Å². The van der Waals surface area contributed by atoms with E-state index in [0.29, 0.717) is 0 Å². The molecule has 2 heterocycles. The van der Waals surface area contributed by atoms with Crippen molar-refractivity contribution in [2.45, 2.75) is 0 Å². The predicted octanol–water partition coefficient (Wildman–Crippen LogP) is 18.0. The van der Waals surface area contributed by atoms with Gasteiger partial charge in [0.15, 0.2) is 0 Å². The molecule has 0 spiro atoms. The van der Waals surface area contributed by atoms with Gasteiger partial charge in [-0.25, -0.2) is 0 Å². The van der Waals surface area contributed by atoms with Gasteiger partial charge in [-0.15, -0.1) is 0 Å². The molecule has 0 unspecified atom stereocenters. The Morgan fingerprint density at radius 1 is 0.232 bits per heavy atom. The van der Waals surface area contributed by atoms with E-state index in [0.717, 1.165) is 45.1 Å². The summed E-state index contributed by atoms with van der Waals surface area (Å²) >= 11 is 0. The van der Waals surface area contributed by atoms with E-state index in [1.807, 2.05) is 0 Å². The first kappa shape index (κ1) is 40.1. The summed E-state index contributed by atoms with van der Waals surface area (Å²) in [6, 6.07) is 99.2. The maximum Gasteiger partial charge on any atom is 0.0542 e. The third kappa shape index (κ3) is 6.91. The summed E-state index contributed by atoms with van der Waals surface area (Å²) in [5.74, 6) is 0. The first-order valence-electron chi connectivity index (χ1n) is 23.7. The lowest BCUT2D eigenvalue weighted by atomic mass is 9.88. The summed E-state index contributed by atoms with van der Waals surface area (Å²) in [6.07, 6.45) is 0. The van der Waals surface area contributed by atoms with Crippen LogP contribution >= 0.6 is 0 Å². The summed E-state index contributed by atoms with van der Waals surface area (Å²) in [6.45, 7) is 0. The second kappa shape index (κ2) is 16.9. The summed E-state index contributed by atoms with van der Waals surface area (Å²) in [5, 5.41) is 4.93. The summed E-state index contributed by atoms with van der Waals surface area (Å²) in [7, 11) is 0. The molecule has 0 saturated heterocycles. The Hall–Kier alpha value is -9.18. The van der Waals surface area contributed by atoms with Gasteiger partial charge in [-0.3, -0.25) is 0 Å². The fraction of sp³-hybridized carbons (Fsp3) is 0. The van der Waals surface area contributed by atoms with E-state index in [-0.39, 0.29) is 0 Å². The van der Waals surface area contributed by atoms with Crippen molar-refractivity contribution in [3.05, 3.63) is 273 Å². The maximum atomic E-state index is 2.45. The number of rotatable bonds is 9. The molecule has 0 atom stereocenters. The molecule has 0 radical (unpaired) electrons. The van der Waals surface area contributed by atoms with Crippen molar-refractivity contribution < 1.29 is 0 Å². The molecular formula is C66H45N3. The Balaban J connectivity index is 0.983. The van der Waals surface area contributed by atoms with E-state index in [1.165, 1.54) is 71.4 Å². The van der Waals surface area contributed by atoms with Gasteiger partial charge in [-0.05, 0) is 118 Å². The number of benzene rings is 11. The predicted molar refractivity (Wildman–Crippen MR) is 292 cm³/mol. The molecule has 324 valence electrons. The minimum Gasteiger partial charge on any atom is -0.310 e. The van der Waals surface area contributed by atoms with E-state index in [1.54, 1.807) is 0 Å². The number of aromatic nitrogens is 2. The van der Waals surface area contributed by atoms with Crippen LogP contribution in [-0.2, 0) is 0 Å². The van der Waals surface area contributed by atoms with Gasteiger partial charge in [0.2, 0.25) is 0 Å². The molecule has 0 aliphatic rings. The number of anilines is 3. The van der Waals surface area contributed by atoms with Gasteiger partial charge in [-0.2, -0.15) is 0 Å². The third-order valence-corrected chi connectivity index (χ3v) is 13.7.